The van der Waals surface area contributed by atoms with E-state index in [1.54, 1.807) is 24.3 Å². The largest absolute Gasteiger partial charge is 0.366 e. The molecule has 0 unspecified atom stereocenters. The highest BCUT2D eigenvalue weighted by atomic mass is 16.2. The van der Waals surface area contributed by atoms with Crippen LogP contribution in [0.2, 0.25) is 0 Å². The van der Waals surface area contributed by atoms with Gasteiger partial charge in [0.15, 0.2) is 0 Å². The number of rotatable bonds is 5. The Morgan fingerprint density at radius 2 is 1.74 bits per heavy atom. The zero-order chi connectivity index (χ0) is 16.7. The molecule has 0 saturated carbocycles. The van der Waals surface area contributed by atoms with Crippen molar-refractivity contribution in [1.29, 1.82) is 5.26 Å². The third kappa shape index (κ3) is 4.55. The number of amides is 2. The van der Waals surface area contributed by atoms with Gasteiger partial charge >= 0.3 is 0 Å². The van der Waals surface area contributed by atoms with Crippen molar-refractivity contribution in [1.82, 2.24) is 5.32 Å². The van der Waals surface area contributed by atoms with Gasteiger partial charge in [0, 0.05) is 12.1 Å². The molecule has 2 aromatic carbocycles. The molecule has 2 amide bonds. The molecule has 0 aliphatic rings. The van der Waals surface area contributed by atoms with E-state index in [4.69, 9.17) is 11.0 Å². The lowest BCUT2D eigenvalue weighted by Gasteiger charge is -2.05. The maximum atomic E-state index is 12.1. The van der Waals surface area contributed by atoms with Gasteiger partial charge in [-0.3, -0.25) is 9.59 Å². The van der Waals surface area contributed by atoms with Crippen molar-refractivity contribution in [3.05, 3.63) is 76.9 Å². The molecule has 0 aromatic heterocycles. The Hall–Kier alpha value is -3.39. The van der Waals surface area contributed by atoms with E-state index in [2.05, 4.69) is 5.32 Å². The molecule has 0 saturated heterocycles. The van der Waals surface area contributed by atoms with Crippen molar-refractivity contribution in [3.63, 3.8) is 0 Å². The van der Waals surface area contributed by atoms with E-state index in [1.807, 2.05) is 36.4 Å². The van der Waals surface area contributed by atoms with E-state index in [-0.39, 0.29) is 12.1 Å². The van der Waals surface area contributed by atoms with E-state index in [9.17, 15) is 9.59 Å². The summed E-state index contributed by atoms with van der Waals surface area (Å²) in [5.74, 6) is -0.950. The summed E-state index contributed by atoms with van der Waals surface area (Å²) >= 11 is 0. The van der Waals surface area contributed by atoms with Gasteiger partial charge in [-0.05, 0) is 29.3 Å². The third-order valence-electron chi connectivity index (χ3n) is 3.17. The normalized spacial score (nSPS) is 10.7. The van der Waals surface area contributed by atoms with Crippen molar-refractivity contribution < 1.29 is 9.59 Å². The zero-order valence-corrected chi connectivity index (χ0v) is 12.3. The van der Waals surface area contributed by atoms with E-state index in [1.165, 1.54) is 6.08 Å². The minimum Gasteiger partial charge on any atom is -0.366 e. The van der Waals surface area contributed by atoms with Crippen LogP contribution in [0, 0.1) is 11.3 Å². The molecule has 0 aliphatic carbocycles. The number of carbonyl (C=O) groups is 2. The molecule has 5 nitrogen and oxygen atoms in total. The SMILES string of the molecule is N#C/C(=C\c1ccccc1)C(=O)NCc1ccc(C(N)=O)cc1. The van der Waals surface area contributed by atoms with Gasteiger partial charge in [0.2, 0.25) is 5.91 Å². The fraction of sp³-hybridized carbons (Fsp3) is 0.0556. The van der Waals surface area contributed by atoms with Gasteiger partial charge in [-0.15, -0.1) is 0 Å². The monoisotopic (exact) mass is 305 g/mol. The fourth-order valence-corrected chi connectivity index (χ4v) is 1.93. The van der Waals surface area contributed by atoms with Gasteiger partial charge in [-0.25, -0.2) is 0 Å². The average Bonchev–Trinajstić information content (AvgIpc) is 2.58. The zero-order valence-electron chi connectivity index (χ0n) is 12.3. The van der Waals surface area contributed by atoms with Gasteiger partial charge in [0.1, 0.15) is 11.6 Å². The second-order valence-corrected chi connectivity index (χ2v) is 4.82. The molecule has 0 spiro atoms. The Bertz CT molecular complexity index is 772. The molecule has 2 rings (SSSR count). The first-order chi connectivity index (χ1) is 11.1. The lowest BCUT2D eigenvalue weighted by atomic mass is 10.1. The number of hydrogen-bond donors (Lipinski definition) is 2. The maximum Gasteiger partial charge on any atom is 0.262 e. The molecular formula is C18H15N3O2. The number of nitrogens with zero attached hydrogens (tertiary/aromatic N) is 1. The van der Waals surface area contributed by atoms with E-state index in [0.29, 0.717) is 5.56 Å². The molecule has 0 aliphatic heterocycles. The first-order valence-corrected chi connectivity index (χ1v) is 6.94. The summed E-state index contributed by atoms with van der Waals surface area (Å²) in [5, 5.41) is 11.8. The first kappa shape index (κ1) is 16.0. The first-order valence-electron chi connectivity index (χ1n) is 6.94. The number of nitriles is 1. The predicted molar refractivity (Wildman–Crippen MR) is 86.8 cm³/mol. The molecule has 0 heterocycles. The molecule has 114 valence electrons. The summed E-state index contributed by atoms with van der Waals surface area (Å²) in [6, 6.07) is 17.6. The van der Waals surface area contributed by atoms with Crippen LogP contribution in [-0.2, 0) is 11.3 Å². The number of nitrogens with one attached hydrogen (secondary N) is 1. The molecule has 2 aromatic rings. The highest BCUT2D eigenvalue weighted by molar-refractivity contribution is 6.01. The highest BCUT2D eigenvalue weighted by Gasteiger charge is 2.09. The number of carbonyl (C=O) groups excluding carboxylic acids is 2. The summed E-state index contributed by atoms with van der Waals surface area (Å²) in [4.78, 5) is 23.0. The van der Waals surface area contributed by atoms with Crippen molar-refractivity contribution in [2.24, 2.45) is 5.73 Å². The van der Waals surface area contributed by atoms with Crippen molar-refractivity contribution >= 4 is 17.9 Å². The van der Waals surface area contributed by atoms with Crippen LogP contribution in [0.25, 0.3) is 6.08 Å². The predicted octanol–water partition coefficient (Wildman–Crippen LogP) is 2.01. The number of benzene rings is 2. The number of primary amides is 1. The summed E-state index contributed by atoms with van der Waals surface area (Å²) < 4.78 is 0. The molecular weight excluding hydrogens is 290 g/mol. The summed E-state index contributed by atoms with van der Waals surface area (Å²) in [6.45, 7) is 0.256. The Morgan fingerprint density at radius 3 is 2.30 bits per heavy atom. The van der Waals surface area contributed by atoms with Crippen LogP contribution in [0.4, 0.5) is 0 Å². The van der Waals surface area contributed by atoms with Gasteiger partial charge in [0.25, 0.3) is 5.91 Å². The van der Waals surface area contributed by atoms with E-state index in [0.717, 1.165) is 11.1 Å². The number of hydrogen-bond acceptors (Lipinski definition) is 3. The summed E-state index contributed by atoms with van der Waals surface area (Å²) in [5.41, 5.74) is 7.19. The standard InChI is InChI=1S/C18H15N3O2/c19-11-16(10-13-4-2-1-3-5-13)18(23)21-12-14-6-8-15(9-7-14)17(20)22/h1-10H,12H2,(H2,20,22)(H,21,23)/b16-10+. The van der Waals surface area contributed by atoms with Gasteiger partial charge in [-0.1, -0.05) is 42.5 Å². The Labute approximate surface area is 134 Å². The van der Waals surface area contributed by atoms with Gasteiger partial charge < -0.3 is 11.1 Å². The Balaban J connectivity index is 2.02. The average molecular weight is 305 g/mol. The van der Waals surface area contributed by atoms with Gasteiger partial charge in [0.05, 0.1) is 0 Å². The topological polar surface area (TPSA) is 96.0 Å². The lowest BCUT2D eigenvalue weighted by Crippen LogP contribution is -2.24. The van der Waals surface area contributed by atoms with Crippen molar-refractivity contribution in [3.8, 4) is 6.07 Å². The minimum atomic E-state index is -0.502. The molecule has 23 heavy (non-hydrogen) atoms. The lowest BCUT2D eigenvalue weighted by molar-refractivity contribution is -0.117. The second kappa shape index (κ2) is 7.57. The van der Waals surface area contributed by atoms with Crippen molar-refractivity contribution in [2.75, 3.05) is 0 Å². The molecule has 0 bridgehead atoms. The van der Waals surface area contributed by atoms with Gasteiger partial charge in [-0.2, -0.15) is 5.26 Å². The number of nitrogens with two attached hydrogens (primary N) is 1. The summed E-state index contributed by atoms with van der Waals surface area (Å²) in [6.07, 6.45) is 1.53. The second-order valence-electron chi connectivity index (χ2n) is 4.82. The fourth-order valence-electron chi connectivity index (χ4n) is 1.93. The van der Waals surface area contributed by atoms with E-state index < -0.39 is 11.8 Å². The van der Waals surface area contributed by atoms with E-state index >= 15 is 0 Å². The molecule has 3 N–H and O–H groups in total. The molecule has 0 radical (unpaired) electrons. The van der Waals surface area contributed by atoms with Crippen LogP contribution in [0.1, 0.15) is 21.5 Å². The van der Waals surface area contributed by atoms with Crippen LogP contribution in [0.5, 0.6) is 0 Å². The highest BCUT2D eigenvalue weighted by Crippen LogP contribution is 2.07. The van der Waals surface area contributed by atoms with Crippen LogP contribution in [0.3, 0.4) is 0 Å². The summed E-state index contributed by atoms with van der Waals surface area (Å²) in [7, 11) is 0. The maximum absolute atomic E-state index is 12.1. The van der Waals surface area contributed by atoms with Crippen molar-refractivity contribution in [2.45, 2.75) is 6.54 Å². The third-order valence-corrected chi connectivity index (χ3v) is 3.17. The Morgan fingerprint density at radius 1 is 1.09 bits per heavy atom. The molecule has 0 atom stereocenters. The smallest absolute Gasteiger partial charge is 0.262 e. The molecule has 0 fully saturated rings. The van der Waals surface area contributed by atoms with Crippen LogP contribution < -0.4 is 11.1 Å². The molecule has 5 heteroatoms. The van der Waals surface area contributed by atoms with Crippen LogP contribution in [0.15, 0.2) is 60.2 Å². The quantitative estimate of drug-likeness (QED) is 0.653. The Kier molecular flexibility index (Phi) is 5.26. The van der Waals surface area contributed by atoms with Crippen LogP contribution >= 0.6 is 0 Å². The minimum absolute atomic E-state index is 0.0324. The van der Waals surface area contributed by atoms with Crippen LogP contribution in [-0.4, -0.2) is 11.8 Å².